The van der Waals surface area contributed by atoms with E-state index in [1.54, 1.807) is 0 Å². The van der Waals surface area contributed by atoms with E-state index in [-0.39, 0.29) is 15.5 Å². The van der Waals surface area contributed by atoms with Gasteiger partial charge in [-0.05, 0) is 74.0 Å². The second-order valence-corrected chi connectivity index (χ2v) is 9.97. The highest BCUT2D eigenvalue weighted by Crippen LogP contribution is 2.65. The van der Waals surface area contributed by atoms with Crippen molar-refractivity contribution in [2.75, 3.05) is 0 Å². The van der Waals surface area contributed by atoms with Crippen LogP contribution in [0.2, 0.25) is 0 Å². The predicted octanol–water partition coefficient (Wildman–Crippen LogP) is 5.73. The van der Waals surface area contributed by atoms with Gasteiger partial charge in [0.2, 0.25) is 0 Å². The van der Waals surface area contributed by atoms with Crippen LogP contribution in [0.4, 0.5) is 13.2 Å². The molecule has 4 aliphatic rings. The van der Waals surface area contributed by atoms with Crippen molar-refractivity contribution in [3.8, 4) is 5.75 Å². The van der Waals surface area contributed by atoms with E-state index in [2.05, 4.69) is 15.9 Å². The number of esters is 1. The van der Waals surface area contributed by atoms with Crippen LogP contribution < -0.4 is 4.74 Å². The van der Waals surface area contributed by atoms with Gasteiger partial charge < -0.3 is 4.74 Å². The number of rotatable bonds is 3. The molecule has 0 aliphatic heterocycles. The highest BCUT2D eigenvalue weighted by atomic mass is 79.9. The lowest BCUT2D eigenvalue weighted by Crippen LogP contribution is -2.53. The van der Waals surface area contributed by atoms with E-state index < -0.39 is 17.7 Å². The van der Waals surface area contributed by atoms with Crippen molar-refractivity contribution in [2.45, 2.75) is 55.4 Å². The molecule has 0 amide bonds. The fourth-order valence-corrected chi connectivity index (χ4v) is 7.26. The average Bonchev–Trinajstić information content (AvgIpc) is 2.42. The number of hydrogen-bond acceptors (Lipinski definition) is 2. The van der Waals surface area contributed by atoms with Crippen molar-refractivity contribution in [1.82, 2.24) is 0 Å². The molecule has 0 radical (unpaired) electrons. The van der Waals surface area contributed by atoms with Crippen molar-refractivity contribution in [3.05, 3.63) is 29.8 Å². The molecule has 4 bridgehead atoms. The predicted molar refractivity (Wildman–Crippen MR) is 90.5 cm³/mol. The molecule has 4 aliphatic carbocycles. The molecule has 0 aromatic heterocycles. The van der Waals surface area contributed by atoms with E-state index in [0.717, 1.165) is 31.4 Å². The van der Waals surface area contributed by atoms with Crippen LogP contribution in [0.5, 0.6) is 5.75 Å². The number of benzene rings is 1. The Hall–Kier alpha value is -1.04. The lowest BCUT2D eigenvalue weighted by atomic mass is 9.49. The van der Waals surface area contributed by atoms with E-state index in [4.69, 9.17) is 4.74 Å². The smallest absolute Gasteiger partial charge is 0.416 e. The summed E-state index contributed by atoms with van der Waals surface area (Å²) in [6.45, 7) is 0. The fourth-order valence-electron chi connectivity index (χ4n) is 5.75. The molecule has 4 atom stereocenters. The first-order valence-corrected chi connectivity index (χ1v) is 9.51. The second-order valence-electron chi connectivity index (χ2n) is 8.29. The summed E-state index contributed by atoms with van der Waals surface area (Å²) in [4.78, 5) is 12.4. The lowest BCUT2D eigenvalue weighted by molar-refractivity contribution is -0.143. The van der Waals surface area contributed by atoms with Crippen molar-refractivity contribution in [3.63, 3.8) is 0 Å². The van der Waals surface area contributed by atoms with Gasteiger partial charge in [0, 0.05) is 4.32 Å². The largest absolute Gasteiger partial charge is 0.426 e. The minimum atomic E-state index is -4.44. The van der Waals surface area contributed by atoms with Gasteiger partial charge in [-0.25, -0.2) is 0 Å². The maximum atomic E-state index is 12.8. The Morgan fingerprint density at radius 1 is 1.20 bits per heavy atom. The summed E-state index contributed by atoms with van der Waals surface area (Å²) in [5, 5.41) is 0. The van der Waals surface area contributed by atoms with Crippen LogP contribution in [0.25, 0.3) is 0 Å². The molecule has 6 heteroatoms. The van der Waals surface area contributed by atoms with E-state index in [1.165, 1.54) is 31.4 Å². The molecule has 25 heavy (non-hydrogen) atoms. The molecule has 136 valence electrons. The zero-order chi connectivity index (χ0) is 17.9. The van der Waals surface area contributed by atoms with Crippen LogP contribution in [-0.2, 0) is 11.0 Å². The molecule has 2 nitrogen and oxygen atoms in total. The quantitative estimate of drug-likeness (QED) is 0.357. The molecule has 0 N–H and O–H groups in total. The van der Waals surface area contributed by atoms with Gasteiger partial charge in [0.05, 0.1) is 12.0 Å². The normalized spacial score (nSPS) is 36.5. The van der Waals surface area contributed by atoms with Gasteiger partial charge >= 0.3 is 12.1 Å². The molecule has 4 fully saturated rings. The Morgan fingerprint density at radius 3 is 2.48 bits per heavy atom. The van der Waals surface area contributed by atoms with E-state index in [9.17, 15) is 18.0 Å². The van der Waals surface area contributed by atoms with Crippen LogP contribution in [0, 0.1) is 17.3 Å². The lowest BCUT2D eigenvalue weighted by Gasteiger charge is -2.60. The first-order chi connectivity index (χ1) is 11.6. The van der Waals surface area contributed by atoms with Crippen LogP contribution in [-0.4, -0.2) is 10.3 Å². The third-order valence-electron chi connectivity index (χ3n) is 6.02. The minimum absolute atomic E-state index is 0.0295. The molecule has 1 aromatic carbocycles. The third-order valence-corrected chi connectivity index (χ3v) is 6.95. The number of ether oxygens (including phenoxy) is 1. The van der Waals surface area contributed by atoms with Gasteiger partial charge in [0.25, 0.3) is 0 Å². The molecule has 4 saturated carbocycles. The van der Waals surface area contributed by atoms with Crippen molar-refractivity contribution in [2.24, 2.45) is 17.3 Å². The highest BCUT2D eigenvalue weighted by molar-refractivity contribution is 9.10. The van der Waals surface area contributed by atoms with Crippen LogP contribution >= 0.6 is 15.9 Å². The summed E-state index contributed by atoms with van der Waals surface area (Å²) in [6.07, 6.45) is 2.49. The maximum absolute atomic E-state index is 12.8. The monoisotopic (exact) mass is 416 g/mol. The number of alkyl halides is 4. The van der Waals surface area contributed by atoms with Crippen LogP contribution in [0.15, 0.2) is 24.3 Å². The Bertz CT molecular complexity index is 686. The fraction of sp³-hybridized carbons (Fsp3) is 0.632. The Labute approximate surface area is 153 Å². The standard InChI is InChI=1S/C19H20BrF3O2/c20-18-8-12-4-13(9-18)7-17(6-12,11-18)10-16(24)25-15-3-1-2-14(5-15)19(21,22)23/h1-3,5,12-13H,4,6-11H2/t12-,13+,17?,18?. The van der Waals surface area contributed by atoms with Gasteiger partial charge in [0.1, 0.15) is 5.75 Å². The SMILES string of the molecule is O=C(CC12C[C@@H]3C[C@@H](CC(Br)(C3)C1)C2)Oc1cccc(C(F)(F)F)c1. The first kappa shape index (κ1) is 17.4. The van der Waals surface area contributed by atoms with Gasteiger partial charge in [-0.1, -0.05) is 22.0 Å². The number of hydrogen-bond donors (Lipinski definition) is 0. The summed E-state index contributed by atoms with van der Waals surface area (Å²) >= 11 is 3.90. The second kappa shape index (κ2) is 5.73. The summed E-state index contributed by atoms with van der Waals surface area (Å²) in [7, 11) is 0. The summed E-state index contributed by atoms with van der Waals surface area (Å²) in [5.41, 5.74) is -0.848. The zero-order valence-corrected chi connectivity index (χ0v) is 15.3. The van der Waals surface area contributed by atoms with E-state index >= 15 is 0 Å². The molecule has 0 saturated heterocycles. The third kappa shape index (κ3) is 3.46. The average molecular weight is 417 g/mol. The van der Waals surface area contributed by atoms with Crippen LogP contribution in [0.3, 0.4) is 0 Å². The minimum Gasteiger partial charge on any atom is -0.426 e. The maximum Gasteiger partial charge on any atom is 0.416 e. The van der Waals surface area contributed by atoms with Gasteiger partial charge in [-0.3, -0.25) is 4.79 Å². The number of carbonyl (C=O) groups is 1. The summed E-state index contributed by atoms with van der Waals surface area (Å²) < 4.78 is 43.8. The van der Waals surface area contributed by atoms with E-state index in [1.807, 2.05) is 0 Å². The topological polar surface area (TPSA) is 26.3 Å². The van der Waals surface area contributed by atoms with E-state index in [0.29, 0.717) is 18.3 Å². The Balaban J connectivity index is 1.46. The molecule has 0 heterocycles. The zero-order valence-electron chi connectivity index (χ0n) is 13.7. The van der Waals surface area contributed by atoms with Crippen LogP contribution in [0.1, 0.15) is 50.5 Å². The Morgan fingerprint density at radius 2 is 1.88 bits per heavy atom. The van der Waals surface area contributed by atoms with Gasteiger partial charge in [-0.15, -0.1) is 0 Å². The summed E-state index contributed by atoms with van der Waals surface area (Å²) in [5.74, 6) is 0.861. The Kier molecular flexibility index (Phi) is 3.98. The molecular formula is C19H20BrF3O2. The van der Waals surface area contributed by atoms with Crippen molar-refractivity contribution < 1.29 is 22.7 Å². The molecular weight excluding hydrogens is 397 g/mol. The molecule has 2 unspecified atom stereocenters. The molecule has 0 spiro atoms. The van der Waals surface area contributed by atoms with Crippen molar-refractivity contribution in [1.29, 1.82) is 0 Å². The molecule has 5 rings (SSSR count). The number of halogens is 4. The molecule has 1 aromatic rings. The summed E-state index contributed by atoms with van der Waals surface area (Å²) in [6, 6.07) is 4.54. The van der Waals surface area contributed by atoms with Gasteiger partial charge in [-0.2, -0.15) is 13.2 Å². The highest BCUT2D eigenvalue weighted by Gasteiger charge is 2.57. The first-order valence-electron chi connectivity index (χ1n) is 8.72. The van der Waals surface area contributed by atoms with Gasteiger partial charge in [0.15, 0.2) is 0 Å². The number of carbonyl (C=O) groups excluding carboxylic acids is 1. The van der Waals surface area contributed by atoms with Crippen molar-refractivity contribution >= 4 is 21.9 Å².